The van der Waals surface area contributed by atoms with Crippen molar-refractivity contribution in [1.82, 2.24) is 5.32 Å². The number of unbranched alkanes of at least 4 members (excludes halogenated alkanes) is 1. The van der Waals surface area contributed by atoms with Crippen LogP contribution in [-0.2, 0) is 11.3 Å². The molecule has 21 heavy (non-hydrogen) atoms. The van der Waals surface area contributed by atoms with Crippen LogP contribution >= 0.6 is 0 Å². The molecule has 1 rings (SSSR count). The number of ether oxygens (including phenoxy) is 1. The lowest BCUT2D eigenvalue weighted by atomic mass is 10.1. The third-order valence-corrected chi connectivity index (χ3v) is 3.14. The van der Waals surface area contributed by atoms with Gasteiger partial charge in [0.25, 0.3) is 0 Å². The Balaban J connectivity index is 2.76. The number of carbonyl (C=O) groups is 1. The van der Waals surface area contributed by atoms with E-state index < -0.39 is 16.9 Å². The molecule has 0 saturated carbocycles. The van der Waals surface area contributed by atoms with Gasteiger partial charge in [-0.3, -0.25) is 14.9 Å². The Morgan fingerprint density at radius 2 is 2.24 bits per heavy atom. The standard InChI is InChI=1S/C14H20N2O5/c1-3-4-5-11(14(17)18)15-9-10-6-7-13(21-2)12(8-10)16(19)20/h6-8,11,15H,3-5,9H2,1-2H3,(H,17,18). The lowest BCUT2D eigenvalue weighted by molar-refractivity contribution is -0.385. The number of benzene rings is 1. The average molecular weight is 296 g/mol. The minimum absolute atomic E-state index is 0.128. The van der Waals surface area contributed by atoms with Crippen LogP contribution in [0.4, 0.5) is 5.69 Å². The fourth-order valence-corrected chi connectivity index (χ4v) is 1.95. The molecule has 1 atom stereocenters. The van der Waals surface area contributed by atoms with Gasteiger partial charge in [-0.15, -0.1) is 0 Å². The smallest absolute Gasteiger partial charge is 0.320 e. The van der Waals surface area contributed by atoms with Crippen LogP contribution < -0.4 is 10.1 Å². The summed E-state index contributed by atoms with van der Waals surface area (Å²) in [7, 11) is 1.37. The number of nitro groups is 1. The molecule has 0 saturated heterocycles. The maximum Gasteiger partial charge on any atom is 0.320 e. The minimum atomic E-state index is -0.911. The van der Waals surface area contributed by atoms with Crippen LogP contribution in [-0.4, -0.2) is 29.2 Å². The molecule has 0 spiro atoms. The molecule has 0 aliphatic heterocycles. The molecule has 0 radical (unpaired) electrons. The van der Waals surface area contributed by atoms with Gasteiger partial charge >= 0.3 is 11.7 Å². The summed E-state index contributed by atoms with van der Waals surface area (Å²) >= 11 is 0. The number of methoxy groups -OCH3 is 1. The lowest BCUT2D eigenvalue weighted by Crippen LogP contribution is -2.36. The summed E-state index contributed by atoms with van der Waals surface area (Å²) in [6.07, 6.45) is 2.26. The molecule has 7 nitrogen and oxygen atoms in total. The molecule has 0 aromatic heterocycles. The molecule has 2 N–H and O–H groups in total. The summed E-state index contributed by atoms with van der Waals surface area (Å²) in [6.45, 7) is 2.25. The van der Waals surface area contributed by atoms with Crippen LogP contribution in [0.3, 0.4) is 0 Å². The van der Waals surface area contributed by atoms with Gasteiger partial charge in [-0.25, -0.2) is 0 Å². The first-order chi connectivity index (χ1) is 9.99. The number of hydrogen-bond acceptors (Lipinski definition) is 5. The van der Waals surface area contributed by atoms with Gasteiger partial charge in [0.05, 0.1) is 12.0 Å². The molecule has 0 aliphatic carbocycles. The molecule has 116 valence electrons. The number of nitro benzene ring substituents is 1. The molecular weight excluding hydrogens is 276 g/mol. The number of carboxylic acids is 1. The molecule has 0 amide bonds. The van der Waals surface area contributed by atoms with Gasteiger partial charge in [-0.2, -0.15) is 0 Å². The highest BCUT2D eigenvalue weighted by molar-refractivity contribution is 5.73. The molecule has 1 unspecified atom stereocenters. The van der Waals surface area contributed by atoms with Crippen molar-refractivity contribution >= 4 is 11.7 Å². The number of rotatable bonds is 9. The Morgan fingerprint density at radius 1 is 1.52 bits per heavy atom. The predicted molar refractivity (Wildman–Crippen MR) is 77.4 cm³/mol. The Morgan fingerprint density at radius 3 is 2.76 bits per heavy atom. The Kier molecular flexibility index (Phi) is 6.61. The first-order valence-electron chi connectivity index (χ1n) is 6.77. The van der Waals surface area contributed by atoms with Crippen molar-refractivity contribution in [3.8, 4) is 5.75 Å². The average Bonchev–Trinajstić information content (AvgIpc) is 2.46. The van der Waals surface area contributed by atoms with Gasteiger partial charge in [0.2, 0.25) is 0 Å². The quantitative estimate of drug-likeness (QED) is 0.535. The van der Waals surface area contributed by atoms with E-state index in [0.29, 0.717) is 12.0 Å². The second-order valence-corrected chi connectivity index (χ2v) is 4.68. The largest absolute Gasteiger partial charge is 0.490 e. The molecule has 0 heterocycles. The number of nitrogens with one attached hydrogen (secondary N) is 1. The molecule has 0 fully saturated rings. The van der Waals surface area contributed by atoms with Gasteiger partial charge in [0.1, 0.15) is 6.04 Å². The normalized spacial score (nSPS) is 11.9. The van der Waals surface area contributed by atoms with E-state index in [0.717, 1.165) is 12.8 Å². The van der Waals surface area contributed by atoms with Crippen LogP contribution in [0.15, 0.2) is 18.2 Å². The van der Waals surface area contributed by atoms with Crippen molar-refractivity contribution in [1.29, 1.82) is 0 Å². The fraction of sp³-hybridized carbons (Fsp3) is 0.500. The van der Waals surface area contributed by atoms with Crippen molar-refractivity contribution in [2.75, 3.05) is 7.11 Å². The zero-order chi connectivity index (χ0) is 15.8. The van der Waals surface area contributed by atoms with Crippen molar-refractivity contribution in [2.45, 2.75) is 38.8 Å². The number of nitrogens with zero attached hydrogens (tertiary/aromatic N) is 1. The van der Waals surface area contributed by atoms with E-state index in [1.54, 1.807) is 6.07 Å². The zero-order valence-corrected chi connectivity index (χ0v) is 12.2. The third-order valence-electron chi connectivity index (χ3n) is 3.14. The maximum absolute atomic E-state index is 11.1. The van der Waals surface area contributed by atoms with E-state index in [1.165, 1.54) is 19.2 Å². The minimum Gasteiger partial charge on any atom is -0.490 e. The summed E-state index contributed by atoms with van der Waals surface area (Å²) in [5, 5.41) is 23.0. The lowest BCUT2D eigenvalue weighted by Gasteiger charge is -2.14. The topological polar surface area (TPSA) is 102 Å². The predicted octanol–water partition coefficient (Wildman–Crippen LogP) is 2.34. The molecule has 7 heteroatoms. The van der Waals surface area contributed by atoms with Gasteiger partial charge in [-0.1, -0.05) is 25.8 Å². The van der Waals surface area contributed by atoms with E-state index in [2.05, 4.69) is 5.32 Å². The number of aliphatic carboxylic acids is 1. The van der Waals surface area contributed by atoms with Crippen molar-refractivity contribution < 1.29 is 19.6 Å². The SMILES string of the molecule is CCCCC(NCc1ccc(OC)c([N+](=O)[O-])c1)C(=O)O. The van der Waals surface area contributed by atoms with Crippen molar-refractivity contribution in [2.24, 2.45) is 0 Å². The van der Waals surface area contributed by atoms with Crippen LogP contribution in [0.2, 0.25) is 0 Å². The van der Waals surface area contributed by atoms with Crippen molar-refractivity contribution in [3.63, 3.8) is 0 Å². The van der Waals surface area contributed by atoms with Crippen LogP contribution in [0.25, 0.3) is 0 Å². The highest BCUT2D eigenvalue weighted by Gasteiger charge is 2.18. The van der Waals surface area contributed by atoms with Gasteiger partial charge in [0, 0.05) is 12.6 Å². The van der Waals surface area contributed by atoms with Crippen LogP contribution in [0, 0.1) is 10.1 Å². The summed E-state index contributed by atoms with van der Waals surface area (Å²) in [4.78, 5) is 21.5. The summed E-state index contributed by atoms with van der Waals surface area (Å²) in [5.41, 5.74) is 0.516. The Hall–Kier alpha value is -2.15. The molecule has 1 aromatic carbocycles. The van der Waals surface area contributed by atoms with E-state index in [-0.39, 0.29) is 18.0 Å². The van der Waals surface area contributed by atoms with E-state index in [9.17, 15) is 14.9 Å². The Labute approximate surface area is 123 Å². The van der Waals surface area contributed by atoms with Gasteiger partial charge in [-0.05, 0) is 18.1 Å². The number of carboxylic acid groups (broad SMARTS) is 1. The third kappa shape index (κ3) is 5.03. The van der Waals surface area contributed by atoms with E-state index >= 15 is 0 Å². The second-order valence-electron chi connectivity index (χ2n) is 4.68. The summed E-state index contributed by atoms with van der Waals surface area (Å²) < 4.78 is 4.92. The van der Waals surface area contributed by atoms with Crippen LogP contribution in [0.1, 0.15) is 31.7 Å². The monoisotopic (exact) mass is 296 g/mol. The van der Waals surface area contributed by atoms with Crippen LogP contribution in [0.5, 0.6) is 5.75 Å². The first kappa shape index (κ1) is 16.9. The van der Waals surface area contributed by atoms with Crippen molar-refractivity contribution in [3.05, 3.63) is 33.9 Å². The number of hydrogen-bond donors (Lipinski definition) is 2. The van der Waals surface area contributed by atoms with Gasteiger partial charge in [0.15, 0.2) is 5.75 Å². The second kappa shape index (κ2) is 8.21. The molecular formula is C14H20N2O5. The highest BCUT2D eigenvalue weighted by Crippen LogP contribution is 2.27. The van der Waals surface area contributed by atoms with Gasteiger partial charge < -0.3 is 15.2 Å². The summed E-state index contributed by atoms with van der Waals surface area (Å²) in [6, 6.07) is 3.94. The fourth-order valence-electron chi connectivity index (χ4n) is 1.95. The van der Waals surface area contributed by atoms with E-state index in [1.807, 2.05) is 6.92 Å². The first-order valence-corrected chi connectivity index (χ1v) is 6.77. The molecule has 0 bridgehead atoms. The van der Waals surface area contributed by atoms with E-state index in [4.69, 9.17) is 9.84 Å². The highest BCUT2D eigenvalue weighted by atomic mass is 16.6. The maximum atomic E-state index is 11.1. The summed E-state index contributed by atoms with van der Waals surface area (Å²) in [5.74, 6) is -0.726. The molecule has 0 aliphatic rings. The Bertz CT molecular complexity index is 504. The zero-order valence-electron chi connectivity index (χ0n) is 12.2. The molecule has 1 aromatic rings.